The van der Waals surface area contributed by atoms with Gasteiger partial charge in [0.25, 0.3) is 0 Å². The van der Waals surface area contributed by atoms with Crippen LogP contribution < -0.4 is 0 Å². The molecular formula is C10H18. The summed E-state index contributed by atoms with van der Waals surface area (Å²) in [6.07, 6.45) is 6.52. The summed E-state index contributed by atoms with van der Waals surface area (Å²) in [5.74, 6) is 1.65. The highest BCUT2D eigenvalue weighted by Crippen LogP contribution is 2.29. The zero-order valence-electron chi connectivity index (χ0n) is 7.35. The van der Waals surface area contributed by atoms with Gasteiger partial charge in [-0.2, -0.15) is 0 Å². The second kappa shape index (κ2) is 3.23. The van der Waals surface area contributed by atoms with E-state index >= 15 is 0 Å². The van der Waals surface area contributed by atoms with Crippen LogP contribution in [-0.4, -0.2) is 0 Å². The molecule has 0 saturated heterocycles. The normalized spacial score (nSPS) is 21.4. The molecule has 0 radical (unpaired) electrons. The second-order valence-electron chi connectivity index (χ2n) is 3.70. The van der Waals surface area contributed by atoms with E-state index in [1.165, 1.54) is 19.3 Å². The molecule has 0 aromatic carbocycles. The maximum atomic E-state index is 2.44. The molecule has 0 nitrogen and oxygen atoms in total. The summed E-state index contributed by atoms with van der Waals surface area (Å²) in [7, 11) is 0. The first-order valence-electron chi connectivity index (χ1n) is 4.40. The topological polar surface area (TPSA) is 0 Å². The average molecular weight is 138 g/mol. The van der Waals surface area contributed by atoms with Crippen molar-refractivity contribution in [3.8, 4) is 0 Å². The smallest absolute Gasteiger partial charge is 0.0209 e. The van der Waals surface area contributed by atoms with Gasteiger partial charge in [-0.25, -0.2) is 0 Å². The number of rotatable bonds is 2. The zero-order chi connectivity index (χ0) is 7.56. The van der Waals surface area contributed by atoms with Crippen LogP contribution >= 0.6 is 0 Å². The highest BCUT2D eigenvalue weighted by atomic mass is 14.2. The molecule has 1 unspecified atom stereocenters. The lowest BCUT2D eigenvalue weighted by atomic mass is 9.90. The molecule has 10 heavy (non-hydrogen) atoms. The molecule has 0 heterocycles. The lowest BCUT2D eigenvalue weighted by Gasteiger charge is -2.16. The van der Waals surface area contributed by atoms with Crippen LogP contribution in [0.4, 0.5) is 0 Å². The quantitative estimate of drug-likeness (QED) is 0.513. The highest BCUT2D eigenvalue weighted by Gasteiger charge is 2.14. The van der Waals surface area contributed by atoms with Gasteiger partial charge in [0.2, 0.25) is 0 Å². The van der Waals surface area contributed by atoms with Crippen LogP contribution in [0.5, 0.6) is 0 Å². The van der Waals surface area contributed by atoms with Crippen LogP contribution in [0.25, 0.3) is 0 Å². The molecule has 0 spiro atoms. The summed E-state index contributed by atoms with van der Waals surface area (Å²) >= 11 is 0. The Labute approximate surface area is 64.3 Å². The molecule has 1 rings (SSSR count). The van der Waals surface area contributed by atoms with Crippen LogP contribution in [-0.2, 0) is 0 Å². The fourth-order valence-corrected chi connectivity index (χ4v) is 1.54. The Morgan fingerprint density at radius 2 is 2.00 bits per heavy atom. The minimum Gasteiger partial charge on any atom is -0.0850 e. The molecule has 1 aliphatic rings. The van der Waals surface area contributed by atoms with Gasteiger partial charge >= 0.3 is 0 Å². The van der Waals surface area contributed by atoms with Crippen molar-refractivity contribution in [2.45, 2.75) is 40.0 Å². The number of hydrogen-bond acceptors (Lipinski definition) is 0. The van der Waals surface area contributed by atoms with Gasteiger partial charge in [0.05, 0.1) is 0 Å². The van der Waals surface area contributed by atoms with Crippen LogP contribution in [0.15, 0.2) is 11.6 Å². The van der Waals surface area contributed by atoms with Crippen molar-refractivity contribution in [3.63, 3.8) is 0 Å². The van der Waals surface area contributed by atoms with Gasteiger partial charge in [-0.15, -0.1) is 0 Å². The van der Waals surface area contributed by atoms with Gasteiger partial charge in [0.15, 0.2) is 0 Å². The molecule has 1 atom stereocenters. The van der Waals surface area contributed by atoms with Gasteiger partial charge < -0.3 is 0 Å². The summed E-state index contributed by atoms with van der Waals surface area (Å²) in [5, 5.41) is 0. The van der Waals surface area contributed by atoms with Gasteiger partial charge in [-0.05, 0) is 31.1 Å². The van der Waals surface area contributed by atoms with E-state index in [1.807, 2.05) is 0 Å². The van der Waals surface area contributed by atoms with Crippen LogP contribution in [0.2, 0.25) is 0 Å². The van der Waals surface area contributed by atoms with E-state index in [-0.39, 0.29) is 0 Å². The SMILES string of the molecule is CC(C)C(C)C1=CCCC1. The lowest BCUT2D eigenvalue weighted by molar-refractivity contribution is 0.471. The lowest BCUT2D eigenvalue weighted by Crippen LogP contribution is -2.05. The fourth-order valence-electron chi connectivity index (χ4n) is 1.54. The molecule has 0 fully saturated rings. The van der Waals surface area contributed by atoms with Crippen LogP contribution in [0.1, 0.15) is 40.0 Å². The molecular weight excluding hydrogens is 120 g/mol. The third-order valence-corrected chi connectivity index (χ3v) is 2.66. The fraction of sp³-hybridized carbons (Fsp3) is 0.800. The molecule has 0 aliphatic heterocycles. The Morgan fingerprint density at radius 1 is 1.30 bits per heavy atom. The minimum atomic E-state index is 0.822. The molecule has 0 saturated carbocycles. The number of hydrogen-bond donors (Lipinski definition) is 0. The molecule has 0 aromatic rings. The maximum absolute atomic E-state index is 2.44. The maximum Gasteiger partial charge on any atom is -0.0209 e. The van der Waals surface area contributed by atoms with E-state index in [1.54, 1.807) is 5.57 Å². The molecule has 0 N–H and O–H groups in total. The van der Waals surface area contributed by atoms with Crippen LogP contribution in [0, 0.1) is 11.8 Å². The van der Waals surface area contributed by atoms with E-state index in [0.717, 1.165) is 11.8 Å². The first-order chi connectivity index (χ1) is 4.72. The minimum absolute atomic E-state index is 0.822. The van der Waals surface area contributed by atoms with Crippen molar-refractivity contribution in [1.82, 2.24) is 0 Å². The summed E-state index contributed by atoms with van der Waals surface area (Å²) in [6.45, 7) is 6.97. The molecule has 0 heteroatoms. The summed E-state index contributed by atoms with van der Waals surface area (Å²) in [5.41, 5.74) is 1.70. The first kappa shape index (κ1) is 7.84. The molecule has 0 aromatic heterocycles. The first-order valence-corrected chi connectivity index (χ1v) is 4.40. The van der Waals surface area contributed by atoms with Crippen molar-refractivity contribution >= 4 is 0 Å². The van der Waals surface area contributed by atoms with E-state index in [9.17, 15) is 0 Å². The third kappa shape index (κ3) is 1.62. The standard InChI is InChI=1S/C10H18/c1-8(2)9(3)10-6-4-5-7-10/h6,8-9H,4-5,7H2,1-3H3. The summed E-state index contributed by atoms with van der Waals surface area (Å²) < 4.78 is 0. The predicted molar refractivity (Wildman–Crippen MR) is 45.9 cm³/mol. The van der Waals surface area contributed by atoms with Gasteiger partial charge in [0.1, 0.15) is 0 Å². The van der Waals surface area contributed by atoms with E-state index in [0.29, 0.717) is 0 Å². The zero-order valence-corrected chi connectivity index (χ0v) is 7.35. The van der Waals surface area contributed by atoms with Gasteiger partial charge in [0, 0.05) is 0 Å². The van der Waals surface area contributed by atoms with Crippen molar-refractivity contribution in [1.29, 1.82) is 0 Å². The van der Waals surface area contributed by atoms with Crippen molar-refractivity contribution in [3.05, 3.63) is 11.6 Å². The van der Waals surface area contributed by atoms with E-state index < -0.39 is 0 Å². The highest BCUT2D eigenvalue weighted by molar-refractivity contribution is 5.11. The van der Waals surface area contributed by atoms with E-state index in [4.69, 9.17) is 0 Å². The molecule has 58 valence electrons. The Morgan fingerprint density at radius 3 is 2.40 bits per heavy atom. The van der Waals surface area contributed by atoms with Crippen molar-refractivity contribution in [2.24, 2.45) is 11.8 Å². The molecule has 0 bridgehead atoms. The van der Waals surface area contributed by atoms with Crippen LogP contribution in [0.3, 0.4) is 0 Å². The predicted octanol–water partition coefficient (Wildman–Crippen LogP) is 3.39. The summed E-state index contributed by atoms with van der Waals surface area (Å²) in [6, 6.07) is 0. The Bertz CT molecular complexity index is 131. The van der Waals surface area contributed by atoms with Gasteiger partial charge in [-0.3, -0.25) is 0 Å². The third-order valence-electron chi connectivity index (χ3n) is 2.66. The molecule has 1 aliphatic carbocycles. The summed E-state index contributed by atoms with van der Waals surface area (Å²) in [4.78, 5) is 0. The van der Waals surface area contributed by atoms with E-state index in [2.05, 4.69) is 26.8 Å². The van der Waals surface area contributed by atoms with Crippen molar-refractivity contribution < 1.29 is 0 Å². The van der Waals surface area contributed by atoms with Gasteiger partial charge in [-0.1, -0.05) is 32.4 Å². The average Bonchev–Trinajstić information content (AvgIpc) is 2.36. The molecule has 0 amide bonds. The largest absolute Gasteiger partial charge is 0.0850 e. The van der Waals surface area contributed by atoms with Crippen molar-refractivity contribution in [2.75, 3.05) is 0 Å². The number of allylic oxidation sites excluding steroid dienone is 2. The second-order valence-corrected chi connectivity index (χ2v) is 3.70. The Balaban J connectivity index is 2.47. The Hall–Kier alpha value is -0.260. The monoisotopic (exact) mass is 138 g/mol. The Kier molecular flexibility index (Phi) is 2.53.